The average Bonchev–Trinajstić information content (AvgIpc) is 3.10. The zero-order chi connectivity index (χ0) is 21.6. The third-order valence-electron chi connectivity index (χ3n) is 4.51. The van der Waals surface area contributed by atoms with Crippen LogP contribution in [0.5, 0.6) is 0 Å². The molecule has 4 rings (SSSR count). The number of nitrogens with one attached hydrogen (secondary N) is 1. The first-order chi connectivity index (χ1) is 14.2. The van der Waals surface area contributed by atoms with Gasteiger partial charge in [0.2, 0.25) is 5.95 Å². The van der Waals surface area contributed by atoms with E-state index in [2.05, 4.69) is 20.2 Å². The average molecular weight is 430 g/mol. The number of hydrogen-bond acceptors (Lipinski definition) is 7. The summed E-state index contributed by atoms with van der Waals surface area (Å²) in [5, 5.41) is 6.85. The molecular weight excluding hydrogens is 414 g/mol. The van der Waals surface area contributed by atoms with Gasteiger partial charge in [-0.1, -0.05) is 6.07 Å². The van der Waals surface area contributed by atoms with Crippen LogP contribution >= 0.6 is 0 Å². The molecular formula is C19H16F2N6O2S. The van der Waals surface area contributed by atoms with Gasteiger partial charge in [-0.05, 0) is 42.8 Å². The van der Waals surface area contributed by atoms with Crippen LogP contribution < -0.4 is 10.6 Å². The molecule has 154 valence electrons. The third kappa shape index (κ3) is 3.32. The second-order valence-corrected chi connectivity index (χ2v) is 8.65. The number of nitrogen functional groups attached to an aromatic ring is 1. The van der Waals surface area contributed by atoms with E-state index in [0.717, 1.165) is 12.3 Å². The Morgan fingerprint density at radius 1 is 1.13 bits per heavy atom. The molecule has 0 saturated carbocycles. The second kappa shape index (κ2) is 7.02. The first kappa shape index (κ1) is 19.7. The van der Waals surface area contributed by atoms with Crippen molar-refractivity contribution >= 4 is 44.0 Å². The van der Waals surface area contributed by atoms with Crippen molar-refractivity contribution in [3.8, 4) is 0 Å². The number of nitrogens with two attached hydrogens (primary N) is 1. The number of sulfone groups is 1. The van der Waals surface area contributed by atoms with Gasteiger partial charge in [0.1, 0.15) is 11.3 Å². The van der Waals surface area contributed by atoms with Crippen molar-refractivity contribution in [3.05, 3.63) is 59.8 Å². The number of aromatic nitrogens is 4. The Morgan fingerprint density at radius 3 is 2.60 bits per heavy atom. The van der Waals surface area contributed by atoms with E-state index in [0.29, 0.717) is 11.3 Å². The Balaban J connectivity index is 2.02. The molecule has 4 aromatic rings. The van der Waals surface area contributed by atoms with Crippen LogP contribution in [0.3, 0.4) is 0 Å². The Labute approximate surface area is 170 Å². The Hall–Kier alpha value is -3.60. The van der Waals surface area contributed by atoms with Crippen LogP contribution in [0.15, 0.2) is 47.5 Å². The summed E-state index contributed by atoms with van der Waals surface area (Å²) in [5.74, 6) is -1.72. The minimum Gasteiger partial charge on any atom is -0.384 e. The van der Waals surface area contributed by atoms with E-state index in [1.54, 1.807) is 19.1 Å². The summed E-state index contributed by atoms with van der Waals surface area (Å²) < 4.78 is 52.3. The zero-order valence-electron chi connectivity index (χ0n) is 15.9. The molecule has 0 aliphatic heterocycles. The third-order valence-corrected chi connectivity index (χ3v) is 5.75. The number of H-pyrrole nitrogens is 1. The maximum absolute atomic E-state index is 14.2. The molecule has 11 heteroatoms. The lowest BCUT2D eigenvalue weighted by Crippen LogP contribution is -2.15. The maximum atomic E-state index is 14.2. The summed E-state index contributed by atoms with van der Waals surface area (Å²) in [6.07, 6.45) is 2.52. The van der Waals surface area contributed by atoms with Gasteiger partial charge in [0.15, 0.2) is 27.3 Å². The van der Waals surface area contributed by atoms with Crippen molar-refractivity contribution in [2.45, 2.75) is 11.8 Å². The van der Waals surface area contributed by atoms with Gasteiger partial charge < -0.3 is 5.73 Å². The lowest BCUT2D eigenvalue weighted by atomic mass is 10.2. The molecule has 2 heterocycles. The summed E-state index contributed by atoms with van der Waals surface area (Å²) in [5.41, 5.74) is 6.55. The molecule has 0 radical (unpaired) electrons. The van der Waals surface area contributed by atoms with Crippen LogP contribution in [0.25, 0.3) is 10.9 Å². The highest BCUT2D eigenvalue weighted by Crippen LogP contribution is 2.37. The Morgan fingerprint density at radius 2 is 1.90 bits per heavy atom. The highest BCUT2D eigenvalue weighted by Gasteiger charge is 2.24. The van der Waals surface area contributed by atoms with Crippen LogP contribution in [0.1, 0.15) is 5.56 Å². The van der Waals surface area contributed by atoms with Gasteiger partial charge in [0.25, 0.3) is 0 Å². The minimum atomic E-state index is -3.53. The monoisotopic (exact) mass is 430 g/mol. The van der Waals surface area contributed by atoms with E-state index in [1.165, 1.54) is 29.3 Å². The first-order valence-corrected chi connectivity index (χ1v) is 10.6. The molecule has 0 fully saturated rings. The highest BCUT2D eigenvalue weighted by atomic mass is 32.2. The lowest BCUT2D eigenvalue weighted by molar-refractivity contribution is 0.515. The fourth-order valence-corrected chi connectivity index (χ4v) is 4.10. The number of benzene rings is 2. The molecule has 0 amide bonds. The molecule has 0 spiro atoms. The van der Waals surface area contributed by atoms with Gasteiger partial charge in [-0.15, -0.1) is 0 Å². The van der Waals surface area contributed by atoms with Gasteiger partial charge in [0.05, 0.1) is 10.6 Å². The van der Waals surface area contributed by atoms with Crippen molar-refractivity contribution in [3.63, 3.8) is 0 Å². The van der Waals surface area contributed by atoms with Crippen molar-refractivity contribution in [1.82, 2.24) is 20.2 Å². The van der Waals surface area contributed by atoms with Crippen molar-refractivity contribution in [2.24, 2.45) is 0 Å². The standard InChI is InChI=1S/C19H16F2N6O2S/c1-10-3-4-11(9-14(10)30(2,28)29)27(19-23-8-7-15(22)24-19)18-12-5-6-13(20)16(21)17(12)25-26-18/h3-9H,1-2H3,(H,25,26)(H2,22,23,24). The number of hydrogen-bond donors (Lipinski definition) is 2. The SMILES string of the molecule is Cc1ccc(N(c2nccc(N)n2)c2n[nH]c3c(F)c(F)ccc23)cc1S(C)(=O)=O. The quantitative estimate of drug-likeness (QED) is 0.509. The summed E-state index contributed by atoms with van der Waals surface area (Å²) in [4.78, 5) is 9.91. The predicted octanol–water partition coefficient (Wildman–Crippen LogP) is 3.40. The second-order valence-electron chi connectivity index (χ2n) is 6.67. The van der Waals surface area contributed by atoms with Crippen molar-refractivity contribution in [2.75, 3.05) is 16.9 Å². The molecule has 0 bridgehead atoms. The Kier molecular flexibility index (Phi) is 4.61. The number of nitrogens with zero attached hydrogens (tertiary/aromatic N) is 4. The predicted molar refractivity (Wildman–Crippen MR) is 109 cm³/mol. The molecule has 2 aromatic carbocycles. The summed E-state index contributed by atoms with van der Waals surface area (Å²) in [7, 11) is -3.53. The molecule has 2 aromatic heterocycles. The number of aromatic amines is 1. The number of aryl methyl sites for hydroxylation is 1. The summed E-state index contributed by atoms with van der Waals surface area (Å²) >= 11 is 0. The Bertz CT molecular complexity index is 1390. The minimum absolute atomic E-state index is 0.0800. The van der Waals surface area contributed by atoms with E-state index in [4.69, 9.17) is 5.73 Å². The van der Waals surface area contributed by atoms with Crippen LogP contribution in [0.4, 0.5) is 32.1 Å². The van der Waals surface area contributed by atoms with Crippen LogP contribution in [-0.2, 0) is 9.84 Å². The maximum Gasteiger partial charge on any atom is 0.237 e. The smallest absolute Gasteiger partial charge is 0.237 e. The van der Waals surface area contributed by atoms with Crippen molar-refractivity contribution < 1.29 is 17.2 Å². The van der Waals surface area contributed by atoms with E-state index < -0.39 is 21.5 Å². The molecule has 8 nitrogen and oxygen atoms in total. The normalized spacial score (nSPS) is 11.7. The van der Waals surface area contributed by atoms with Gasteiger partial charge in [-0.3, -0.25) is 10.00 Å². The lowest BCUT2D eigenvalue weighted by Gasteiger charge is -2.22. The van der Waals surface area contributed by atoms with Gasteiger partial charge >= 0.3 is 0 Å². The number of anilines is 4. The van der Waals surface area contributed by atoms with E-state index in [9.17, 15) is 17.2 Å². The number of halogens is 2. The van der Waals surface area contributed by atoms with Crippen LogP contribution in [-0.4, -0.2) is 34.8 Å². The van der Waals surface area contributed by atoms with Gasteiger partial charge in [-0.2, -0.15) is 10.1 Å². The number of rotatable bonds is 4. The van der Waals surface area contributed by atoms with Gasteiger partial charge in [0, 0.05) is 17.8 Å². The molecule has 3 N–H and O–H groups in total. The zero-order valence-corrected chi connectivity index (χ0v) is 16.7. The molecule has 0 aliphatic rings. The molecule has 0 atom stereocenters. The fraction of sp³-hybridized carbons (Fsp3) is 0.105. The topological polar surface area (TPSA) is 118 Å². The summed E-state index contributed by atoms with van der Waals surface area (Å²) in [6, 6.07) is 8.54. The highest BCUT2D eigenvalue weighted by molar-refractivity contribution is 7.90. The van der Waals surface area contributed by atoms with E-state index in [1.807, 2.05) is 0 Å². The van der Waals surface area contributed by atoms with Gasteiger partial charge in [-0.25, -0.2) is 22.2 Å². The van der Waals surface area contributed by atoms with Crippen molar-refractivity contribution in [1.29, 1.82) is 0 Å². The molecule has 0 unspecified atom stereocenters. The van der Waals surface area contributed by atoms with Crippen LogP contribution in [0.2, 0.25) is 0 Å². The molecule has 0 saturated heterocycles. The molecule has 30 heavy (non-hydrogen) atoms. The van der Waals surface area contributed by atoms with E-state index in [-0.39, 0.29) is 33.4 Å². The largest absolute Gasteiger partial charge is 0.384 e. The van der Waals surface area contributed by atoms with E-state index >= 15 is 0 Å². The molecule has 0 aliphatic carbocycles. The summed E-state index contributed by atoms with van der Waals surface area (Å²) in [6.45, 7) is 1.67. The number of fused-ring (bicyclic) bond motifs is 1. The fourth-order valence-electron chi connectivity index (χ4n) is 3.12. The van der Waals surface area contributed by atoms with Crippen LogP contribution in [0, 0.1) is 18.6 Å². The first-order valence-electron chi connectivity index (χ1n) is 8.68.